The summed E-state index contributed by atoms with van der Waals surface area (Å²) in [6.07, 6.45) is 0. The van der Waals surface area contributed by atoms with Gasteiger partial charge in [0.05, 0.1) is 31.4 Å². The molecule has 0 radical (unpaired) electrons. The average Bonchev–Trinajstić information content (AvgIpc) is 3.81. The molecule has 0 aliphatic rings. The van der Waals surface area contributed by atoms with Crippen LogP contribution in [0.3, 0.4) is 0 Å². The van der Waals surface area contributed by atoms with Crippen LogP contribution < -0.4 is 0 Å². The maximum absolute atomic E-state index is 6.43. The van der Waals surface area contributed by atoms with E-state index in [0.717, 1.165) is 75.1 Å². The number of imidazole rings is 2. The first-order valence-corrected chi connectivity index (χ1v) is 18.1. The predicted octanol–water partition coefficient (Wildman–Crippen LogP) is 12.5. The van der Waals surface area contributed by atoms with Gasteiger partial charge in [0.25, 0.3) is 0 Å². The number of aromatic amines is 2. The van der Waals surface area contributed by atoms with Crippen LogP contribution >= 0.6 is 68.5 Å². The van der Waals surface area contributed by atoms with Gasteiger partial charge in [0.15, 0.2) is 0 Å². The molecule has 7 rings (SSSR count). The van der Waals surface area contributed by atoms with Crippen LogP contribution in [0, 0.1) is 41.5 Å². The molecule has 7 aromatic rings. The van der Waals surface area contributed by atoms with Crippen molar-refractivity contribution in [3.05, 3.63) is 86.5 Å². The maximum Gasteiger partial charge on any atom is 0.138 e. The number of aryl methyl sites for hydroxylation is 6. The number of thiophene rings is 4. The number of H-pyrrole nitrogens is 2. The van der Waals surface area contributed by atoms with E-state index in [4.69, 9.17) is 33.2 Å². The van der Waals surface area contributed by atoms with Crippen molar-refractivity contribution in [1.29, 1.82) is 0 Å². The van der Waals surface area contributed by atoms with Gasteiger partial charge in [0, 0.05) is 62.6 Å². The quantitative estimate of drug-likeness (QED) is 0.182. The van der Waals surface area contributed by atoms with Crippen molar-refractivity contribution >= 4 is 68.5 Å². The van der Waals surface area contributed by atoms with Crippen molar-refractivity contribution in [1.82, 2.24) is 19.9 Å². The summed E-state index contributed by atoms with van der Waals surface area (Å²) in [4.78, 5) is 25.0. The summed E-state index contributed by atoms with van der Waals surface area (Å²) in [6, 6.07) is 16.9. The van der Waals surface area contributed by atoms with Crippen LogP contribution in [0.15, 0.2) is 48.5 Å². The number of hydrogen-bond acceptors (Lipinski definition) is 6. The second kappa shape index (κ2) is 11.4. The molecule has 2 N–H and O–H groups in total. The highest BCUT2D eigenvalue weighted by Gasteiger charge is 2.23. The highest BCUT2D eigenvalue weighted by atomic mass is 35.5. The Balaban J connectivity index is 1.31. The van der Waals surface area contributed by atoms with Crippen LogP contribution in [0.25, 0.3) is 67.8 Å². The summed E-state index contributed by atoms with van der Waals surface area (Å²) in [5.74, 6) is 1.64. The van der Waals surface area contributed by atoms with E-state index in [1.54, 1.807) is 45.3 Å². The molecule has 222 valence electrons. The SMILES string of the molecule is Cc1cc(-c2[nH]c(-c3ccc(-c4nc(-c5cc(Cl)sc5C)c(-c5cc(C)sc5C)[nH]4)cc3)nc2-c2cc(Cl)sc2C)c(C)s1. The summed E-state index contributed by atoms with van der Waals surface area (Å²) >= 11 is 19.6. The molecular formula is C34H28Cl2N4S4. The fourth-order valence-electron chi connectivity index (χ4n) is 5.71. The zero-order valence-corrected chi connectivity index (χ0v) is 29.7. The highest BCUT2D eigenvalue weighted by molar-refractivity contribution is 7.17. The highest BCUT2D eigenvalue weighted by Crippen LogP contribution is 2.43. The lowest BCUT2D eigenvalue weighted by molar-refractivity contribution is 1.29. The van der Waals surface area contributed by atoms with Gasteiger partial charge in [-0.2, -0.15) is 0 Å². The first-order chi connectivity index (χ1) is 21.0. The van der Waals surface area contributed by atoms with E-state index in [-0.39, 0.29) is 0 Å². The molecule has 0 fully saturated rings. The van der Waals surface area contributed by atoms with Gasteiger partial charge >= 0.3 is 0 Å². The van der Waals surface area contributed by atoms with Gasteiger partial charge in [-0.15, -0.1) is 45.3 Å². The van der Waals surface area contributed by atoms with Gasteiger partial charge < -0.3 is 9.97 Å². The topological polar surface area (TPSA) is 57.4 Å². The Labute approximate surface area is 282 Å². The molecule has 0 bridgehead atoms. The predicted molar refractivity (Wildman–Crippen MR) is 193 cm³/mol. The second-order valence-electron chi connectivity index (χ2n) is 10.9. The van der Waals surface area contributed by atoms with Crippen molar-refractivity contribution in [2.75, 3.05) is 0 Å². The Bertz CT molecular complexity index is 1890. The third kappa shape index (κ3) is 5.31. The van der Waals surface area contributed by atoms with Gasteiger partial charge in [-0.3, -0.25) is 0 Å². The molecule has 10 heteroatoms. The fourth-order valence-corrected chi connectivity index (χ4v) is 9.95. The number of benzene rings is 1. The number of halogens is 2. The van der Waals surface area contributed by atoms with Crippen molar-refractivity contribution in [3.8, 4) is 67.8 Å². The lowest BCUT2D eigenvalue weighted by atomic mass is 10.1. The largest absolute Gasteiger partial charge is 0.337 e. The molecule has 1 aromatic carbocycles. The van der Waals surface area contributed by atoms with Crippen LogP contribution in [0.4, 0.5) is 0 Å². The minimum Gasteiger partial charge on any atom is -0.337 e. The minimum atomic E-state index is 0.764. The smallest absolute Gasteiger partial charge is 0.138 e. The summed E-state index contributed by atoms with van der Waals surface area (Å²) in [6.45, 7) is 12.8. The molecular weight excluding hydrogens is 664 g/mol. The van der Waals surface area contributed by atoms with Crippen molar-refractivity contribution in [2.45, 2.75) is 41.5 Å². The first kappa shape index (κ1) is 29.7. The monoisotopic (exact) mass is 690 g/mol. The van der Waals surface area contributed by atoms with Crippen LogP contribution in [0.1, 0.15) is 29.3 Å². The van der Waals surface area contributed by atoms with Crippen LogP contribution in [0.2, 0.25) is 8.67 Å². The standard InChI is InChI=1S/C34H28Cl2N4S4/c1-15-11-23(17(3)41-15)29-31(25-13-27(35)43-19(25)5)39-33(37-29)21-7-9-22(10-8-21)34-38-30(24-12-16(2)42-18(24)4)32(40-34)26-14-28(36)44-20(26)6/h7-14H,1-6H3,(H,37,39)(H,38,40). The summed E-state index contributed by atoms with van der Waals surface area (Å²) in [5, 5.41) is 0. The number of nitrogens with zero attached hydrogens (tertiary/aromatic N) is 2. The van der Waals surface area contributed by atoms with E-state index in [1.165, 1.54) is 30.6 Å². The van der Waals surface area contributed by atoms with Crippen molar-refractivity contribution in [3.63, 3.8) is 0 Å². The molecule has 0 amide bonds. The van der Waals surface area contributed by atoms with E-state index in [0.29, 0.717) is 0 Å². The molecule has 6 aromatic heterocycles. The number of hydrogen-bond donors (Lipinski definition) is 2. The van der Waals surface area contributed by atoms with Crippen molar-refractivity contribution < 1.29 is 0 Å². The maximum atomic E-state index is 6.43. The third-order valence-electron chi connectivity index (χ3n) is 7.75. The van der Waals surface area contributed by atoms with E-state index < -0.39 is 0 Å². The Morgan fingerprint density at radius 2 is 0.864 bits per heavy atom. The summed E-state index contributed by atoms with van der Waals surface area (Å²) < 4.78 is 1.53. The van der Waals surface area contributed by atoms with E-state index in [2.05, 4.69) is 87.9 Å². The third-order valence-corrected chi connectivity index (χ3v) is 12.0. The molecule has 0 aliphatic carbocycles. The van der Waals surface area contributed by atoms with Crippen molar-refractivity contribution in [2.24, 2.45) is 0 Å². The van der Waals surface area contributed by atoms with Gasteiger partial charge in [-0.25, -0.2) is 9.97 Å². The molecule has 44 heavy (non-hydrogen) atoms. The van der Waals surface area contributed by atoms with E-state index >= 15 is 0 Å². The Morgan fingerprint density at radius 3 is 1.16 bits per heavy atom. The molecule has 0 saturated heterocycles. The Hall–Kier alpha value is -2.98. The Morgan fingerprint density at radius 1 is 0.500 bits per heavy atom. The lowest BCUT2D eigenvalue weighted by Crippen LogP contribution is -1.84. The van der Waals surface area contributed by atoms with E-state index in [1.807, 2.05) is 12.1 Å². The number of nitrogens with one attached hydrogen (secondary N) is 2. The zero-order valence-electron chi connectivity index (χ0n) is 24.9. The second-order valence-corrected chi connectivity index (χ2v) is 17.6. The number of rotatable bonds is 6. The molecule has 6 heterocycles. The number of aromatic nitrogens is 4. The Kier molecular flexibility index (Phi) is 7.72. The van der Waals surface area contributed by atoms with Gasteiger partial charge in [-0.05, 0) is 65.8 Å². The van der Waals surface area contributed by atoms with Crippen LogP contribution in [0.5, 0.6) is 0 Å². The molecule has 4 nitrogen and oxygen atoms in total. The van der Waals surface area contributed by atoms with Gasteiger partial charge in [0.1, 0.15) is 11.6 Å². The molecule has 0 atom stereocenters. The zero-order chi connectivity index (χ0) is 30.9. The molecule has 0 unspecified atom stereocenters. The van der Waals surface area contributed by atoms with Crippen LogP contribution in [-0.4, -0.2) is 19.9 Å². The average molecular weight is 692 g/mol. The lowest BCUT2D eigenvalue weighted by Gasteiger charge is -2.02. The van der Waals surface area contributed by atoms with Gasteiger partial charge in [0.2, 0.25) is 0 Å². The summed E-state index contributed by atoms with van der Waals surface area (Å²) in [7, 11) is 0. The molecule has 0 aliphatic heterocycles. The molecule has 0 saturated carbocycles. The molecule has 0 spiro atoms. The fraction of sp³-hybridized carbons (Fsp3) is 0.176. The van der Waals surface area contributed by atoms with Crippen LogP contribution in [-0.2, 0) is 0 Å². The minimum absolute atomic E-state index is 0.764. The summed E-state index contributed by atoms with van der Waals surface area (Å²) in [5.41, 5.74) is 10.4. The first-order valence-electron chi connectivity index (χ1n) is 14.0. The normalized spacial score (nSPS) is 11.6. The van der Waals surface area contributed by atoms with Gasteiger partial charge in [-0.1, -0.05) is 47.5 Å². The van der Waals surface area contributed by atoms with E-state index in [9.17, 15) is 0 Å².